The molecule has 122 valence electrons. The number of aryl methyl sites for hydroxylation is 1. The number of nitrogens with zero attached hydrogens (tertiary/aromatic N) is 1. The van der Waals surface area contributed by atoms with Gasteiger partial charge < -0.3 is 5.32 Å². The standard InChI is InChI=1S/C18H14Cl2N2O2/c1-2-11-7-3-5-9-13(11)21-16-15(20)17(23)22(18(16)24)14-10-6-4-8-12(14)19/h3-10,21H,2H2,1H3. The smallest absolute Gasteiger partial charge is 0.283 e. The Labute approximate surface area is 149 Å². The van der Waals surface area contributed by atoms with Gasteiger partial charge in [0.1, 0.15) is 10.7 Å². The monoisotopic (exact) mass is 360 g/mol. The number of benzene rings is 2. The molecule has 2 aromatic rings. The fraction of sp³-hybridized carbons (Fsp3) is 0.111. The lowest BCUT2D eigenvalue weighted by Gasteiger charge is -2.16. The number of hydrogen-bond donors (Lipinski definition) is 1. The maximum Gasteiger partial charge on any atom is 0.283 e. The summed E-state index contributed by atoms with van der Waals surface area (Å²) in [6.45, 7) is 2.01. The van der Waals surface area contributed by atoms with Gasteiger partial charge in [-0.2, -0.15) is 0 Å². The van der Waals surface area contributed by atoms with Gasteiger partial charge in [-0.25, -0.2) is 4.90 Å². The van der Waals surface area contributed by atoms with Gasteiger partial charge >= 0.3 is 0 Å². The Morgan fingerprint density at radius 1 is 0.958 bits per heavy atom. The minimum absolute atomic E-state index is 0.0579. The van der Waals surface area contributed by atoms with Gasteiger partial charge in [0, 0.05) is 5.69 Å². The molecule has 2 amide bonds. The van der Waals surface area contributed by atoms with Crippen molar-refractivity contribution in [2.45, 2.75) is 13.3 Å². The fourth-order valence-corrected chi connectivity index (χ4v) is 2.98. The first-order chi connectivity index (χ1) is 11.5. The number of imide groups is 1. The molecule has 1 aliphatic heterocycles. The number of carbonyl (C=O) groups is 2. The van der Waals surface area contributed by atoms with Crippen LogP contribution in [0.4, 0.5) is 11.4 Å². The van der Waals surface area contributed by atoms with Crippen LogP contribution in [0.5, 0.6) is 0 Å². The van der Waals surface area contributed by atoms with Gasteiger partial charge in [-0.1, -0.05) is 60.5 Å². The second-order valence-electron chi connectivity index (χ2n) is 5.22. The number of amides is 2. The molecule has 4 nitrogen and oxygen atoms in total. The van der Waals surface area contributed by atoms with E-state index >= 15 is 0 Å². The van der Waals surface area contributed by atoms with Crippen LogP contribution in [0.1, 0.15) is 12.5 Å². The fourth-order valence-electron chi connectivity index (χ4n) is 2.55. The second kappa shape index (κ2) is 6.67. The Morgan fingerprint density at radius 2 is 1.62 bits per heavy atom. The van der Waals surface area contributed by atoms with Crippen molar-refractivity contribution >= 4 is 46.4 Å². The van der Waals surface area contributed by atoms with Crippen LogP contribution in [0.25, 0.3) is 0 Å². The van der Waals surface area contributed by atoms with E-state index in [9.17, 15) is 9.59 Å². The number of halogens is 2. The molecule has 1 aliphatic rings. The molecular formula is C18H14Cl2N2O2. The van der Waals surface area contributed by atoms with E-state index in [4.69, 9.17) is 23.2 Å². The first-order valence-corrected chi connectivity index (χ1v) is 8.18. The number of nitrogens with one attached hydrogen (secondary N) is 1. The van der Waals surface area contributed by atoms with E-state index in [0.717, 1.165) is 22.6 Å². The first kappa shape index (κ1) is 16.6. The molecule has 0 saturated heterocycles. The maximum absolute atomic E-state index is 12.7. The second-order valence-corrected chi connectivity index (χ2v) is 6.01. The van der Waals surface area contributed by atoms with E-state index in [1.807, 2.05) is 31.2 Å². The summed E-state index contributed by atoms with van der Waals surface area (Å²) in [7, 11) is 0. The van der Waals surface area contributed by atoms with E-state index in [-0.39, 0.29) is 10.7 Å². The molecule has 1 N–H and O–H groups in total. The molecule has 0 unspecified atom stereocenters. The molecule has 6 heteroatoms. The van der Waals surface area contributed by atoms with Crippen molar-refractivity contribution < 1.29 is 9.59 Å². The summed E-state index contributed by atoms with van der Waals surface area (Å²) in [4.78, 5) is 26.2. The molecule has 2 aromatic carbocycles. The molecule has 0 fully saturated rings. The highest BCUT2D eigenvalue weighted by atomic mass is 35.5. The molecule has 0 bridgehead atoms. The van der Waals surface area contributed by atoms with Crippen LogP contribution in [0.3, 0.4) is 0 Å². The van der Waals surface area contributed by atoms with Crippen LogP contribution in [0.2, 0.25) is 5.02 Å². The number of carbonyl (C=O) groups excluding carboxylic acids is 2. The lowest BCUT2D eigenvalue weighted by molar-refractivity contribution is -0.120. The molecular weight excluding hydrogens is 347 g/mol. The van der Waals surface area contributed by atoms with Gasteiger partial charge in [0.2, 0.25) is 0 Å². The van der Waals surface area contributed by atoms with Gasteiger partial charge in [-0.05, 0) is 30.2 Å². The number of anilines is 2. The summed E-state index contributed by atoms with van der Waals surface area (Å²) in [6.07, 6.45) is 0.782. The van der Waals surface area contributed by atoms with Crippen molar-refractivity contribution in [3.05, 3.63) is 69.8 Å². The summed E-state index contributed by atoms with van der Waals surface area (Å²) in [5.41, 5.74) is 2.14. The highest BCUT2D eigenvalue weighted by Crippen LogP contribution is 2.34. The first-order valence-electron chi connectivity index (χ1n) is 7.42. The summed E-state index contributed by atoms with van der Waals surface area (Å²) in [5.74, 6) is -1.12. The Hall–Kier alpha value is -2.30. The van der Waals surface area contributed by atoms with Crippen molar-refractivity contribution in [2.24, 2.45) is 0 Å². The molecule has 0 aromatic heterocycles. The Morgan fingerprint density at radius 3 is 2.33 bits per heavy atom. The highest BCUT2D eigenvalue weighted by molar-refractivity contribution is 6.53. The third kappa shape index (κ3) is 2.79. The molecule has 0 atom stereocenters. The van der Waals surface area contributed by atoms with Crippen LogP contribution in [0.15, 0.2) is 59.3 Å². The highest BCUT2D eigenvalue weighted by Gasteiger charge is 2.39. The number of hydrogen-bond acceptors (Lipinski definition) is 3. The van der Waals surface area contributed by atoms with Crippen LogP contribution in [0, 0.1) is 0 Å². The number of rotatable bonds is 4. The molecule has 1 heterocycles. The van der Waals surface area contributed by atoms with Crippen molar-refractivity contribution in [3.8, 4) is 0 Å². The van der Waals surface area contributed by atoms with E-state index in [0.29, 0.717) is 10.7 Å². The normalized spacial score (nSPS) is 14.5. The Balaban J connectivity index is 1.97. The van der Waals surface area contributed by atoms with Gasteiger partial charge in [0.25, 0.3) is 11.8 Å². The van der Waals surface area contributed by atoms with Crippen molar-refractivity contribution in [1.82, 2.24) is 0 Å². The average molecular weight is 361 g/mol. The minimum Gasteiger partial charge on any atom is -0.349 e. The largest absolute Gasteiger partial charge is 0.349 e. The van der Waals surface area contributed by atoms with E-state index in [1.165, 1.54) is 0 Å². The zero-order valence-electron chi connectivity index (χ0n) is 12.8. The topological polar surface area (TPSA) is 49.4 Å². The van der Waals surface area contributed by atoms with E-state index in [2.05, 4.69) is 5.32 Å². The van der Waals surface area contributed by atoms with Gasteiger partial charge in [-0.15, -0.1) is 0 Å². The predicted molar refractivity (Wildman–Crippen MR) is 96.3 cm³/mol. The van der Waals surface area contributed by atoms with Gasteiger partial charge in [0.15, 0.2) is 0 Å². The third-order valence-corrected chi connectivity index (χ3v) is 4.45. The molecule has 0 aliphatic carbocycles. The quantitative estimate of drug-likeness (QED) is 0.825. The molecule has 24 heavy (non-hydrogen) atoms. The summed E-state index contributed by atoms with van der Waals surface area (Å²) in [6, 6.07) is 14.2. The maximum atomic E-state index is 12.7. The lowest BCUT2D eigenvalue weighted by Crippen LogP contribution is -2.32. The summed E-state index contributed by atoms with van der Waals surface area (Å²) >= 11 is 12.2. The van der Waals surface area contributed by atoms with Crippen LogP contribution in [-0.4, -0.2) is 11.8 Å². The third-order valence-electron chi connectivity index (χ3n) is 3.78. The van der Waals surface area contributed by atoms with Crippen LogP contribution < -0.4 is 10.2 Å². The zero-order valence-corrected chi connectivity index (χ0v) is 14.4. The van der Waals surface area contributed by atoms with Crippen LogP contribution >= 0.6 is 23.2 Å². The Kier molecular flexibility index (Phi) is 4.60. The molecule has 3 rings (SSSR count). The summed E-state index contributed by atoms with van der Waals surface area (Å²) in [5, 5.41) is 3.16. The SMILES string of the molecule is CCc1ccccc1NC1=C(Cl)C(=O)N(c2ccccc2Cl)C1=O. The van der Waals surface area contributed by atoms with E-state index < -0.39 is 11.8 Å². The minimum atomic E-state index is -0.591. The van der Waals surface area contributed by atoms with Crippen molar-refractivity contribution in [1.29, 1.82) is 0 Å². The van der Waals surface area contributed by atoms with Gasteiger partial charge in [0.05, 0.1) is 10.7 Å². The van der Waals surface area contributed by atoms with Crippen molar-refractivity contribution in [2.75, 3.05) is 10.2 Å². The average Bonchev–Trinajstić information content (AvgIpc) is 2.80. The zero-order chi connectivity index (χ0) is 17.3. The summed E-state index contributed by atoms with van der Waals surface area (Å²) < 4.78 is 0. The predicted octanol–water partition coefficient (Wildman–Crippen LogP) is 4.34. The Bertz CT molecular complexity index is 862. The number of para-hydroxylation sites is 2. The molecule has 0 radical (unpaired) electrons. The van der Waals surface area contributed by atoms with Crippen LogP contribution in [-0.2, 0) is 16.0 Å². The molecule has 0 saturated carbocycles. The van der Waals surface area contributed by atoms with E-state index in [1.54, 1.807) is 24.3 Å². The lowest BCUT2D eigenvalue weighted by atomic mass is 10.1. The molecule has 0 spiro atoms. The van der Waals surface area contributed by atoms with Gasteiger partial charge in [-0.3, -0.25) is 9.59 Å². The van der Waals surface area contributed by atoms with Crippen molar-refractivity contribution in [3.63, 3.8) is 0 Å².